The molecule has 1 rings (SSSR count). The minimum atomic E-state index is -0.0484. The molecule has 0 aliphatic rings. The van der Waals surface area contributed by atoms with Crippen molar-refractivity contribution in [3.8, 4) is 5.75 Å². The lowest BCUT2D eigenvalue weighted by Gasteiger charge is -2.21. The number of aryl methyl sites for hydroxylation is 2. The summed E-state index contributed by atoms with van der Waals surface area (Å²) in [7, 11) is 1.59. The maximum Gasteiger partial charge on any atom is 0.226 e. The number of methoxy groups -OCH3 is 1. The summed E-state index contributed by atoms with van der Waals surface area (Å²) in [6.07, 6.45) is 0.289. The molecule has 0 atom stereocenters. The molecule has 0 spiro atoms. The quantitative estimate of drug-likeness (QED) is 0.751. The number of amides is 1. The second-order valence-electron chi connectivity index (χ2n) is 4.92. The van der Waals surface area contributed by atoms with E-state index < -0.39 is 0 Å². The Balaban J connectivity index is 2.47. The number of aliphatic hydroxyl groups excluding tert-OH is 1. The second-order valence-corrected chi connectivity index (χ2v) is 4.92. The molecule has 1 amide bonds. The first-order valence-corrected chi connectivity index (χ1v) is 7.16. The molecule has 0 bridgehead atoms. The summed E-state index contributed by atoms with van der Waals surface area (Å²) in [4.78, 5) is 13.7. The van der Waals surface area contributed by atoms with Crippen molar-refractivity contribution >= 4 is 5.91 Å². The van der Waals surface area contributed by atoms with Crippen LogP contribution >= 0.6 is 0 Å². The number of aliphatic hydroxyl groups is 1. The molecule has 1 N–H and O–H groups in total. The van der Waals surface area contributed by atoms with Crippen LogP contribution in [0.4, 0.5) is 0 Å². The van der Waals surface area contributed by atoms with Crippen LogP contribution in [-0.2, 0) is 9.53 Å². The number of nitrogens with zero attached hydrogens (tertiary/aromatic N) is 1. The summed E-state index contributed by atoms with van der Waals surface area (Å²) in [5.74, 6) is 0.809. The Morgan fingerprint density at radius 1 is 1.19 bits per heavy atom. The Kier molecular flexibility index (Phi) is 7.79. The first kappa shape index (κ1) is 17.5. The molecule has 0 fully saturated rings. The third kappa shape index (κ3) is 5.73. The zero-order chi connectivity index (χ0) is 15.7. The van der Waals surface area contributed by atoms with Gasteiger partial charge in [0, 0.05) is 20.2 Å². The summed E-state index contributed by atoms with van der Waals surface area (Å²) >= 11 is 0. The molecule has 0 radical (unpaired) electrons. The fourth-order valence-electron chi connectivity index (χ4n) is 2.11. The van der Waals surface area contributed by atoms with Crippen LogP contribution in [0, 0.1) is 13.8 Å². The van der Waals surface area contributed by atoms with Crippen LogP contribution < -0.4 is 4.74 Å². The first-order chi connectivity index (χ1) is 10.1. The number of hydrogen-bond acceptors (Lipinski definition) is 4. The van der Waals surface area contributed by atoms with E-state index in [1.165, 1.54) is 0 Å². The highest BCUT2D eigenvalue weighted by molar-refractivity contribution is 5.76. The topological polar surface area (TPSA) is 59.0 Å². The summed E-state index contributed by atoms with van der Waals surface area (Å²) in [5.41, 5.74) is 2.13. The number of benzene rings is 1. The number of carbonyl (C=O) groups excluding carboxylic acids is 1. The van der Waals surface area contributed by atoms with Gasteiger partial charge < -0.3 is 19.5 Å². The van der Waals surface area contributed by atoms with E-state index in [1.807, 2.05) is 32.0 Å². The number of rotatable bonds is 9. The van der Waals surface area contributed by atoms with Crippen molar-refractivity contribution in [1.29, 1.82) is 0 Å². The van der Waals surface area contributed by atoms with Crippen molar-refractivity contribution in [2.45, 2.75) is 20.3 Å². The van der Waals surface area contributed by atoms with Crippen molar-refractivity contribution in [3.05, 3.63) is 29.3 Å². The van der Waals surface area contributed by atoms with E-state index in [4.69, 9.17) is 14.6 Å². The van der Waals surface area contributed by atoms with E-state index in [1.54, 1.807) is 12.0 Å². The van der Waals surface area contributed by atoms with Crippen LogP contribution in [0.5, 0.6) is 5.75 Å². The maximum absolute atomic E-state index is 12.1. The van der Waals surface area contributed by atoms with E-state index in [0.29, 0.717) is 26.3 Å². The first-order valence-electron chi connectivity index (χ1n) is 7.16. The lowest BCUT2D eigenvalue weighted by molar-refractivity contribution is -0.132. The van der Waals surface area contributed by atoms with Gasteiger partial charge in [-0.3, -0.25) is 4.79 Å². The molecule has 0 heterocycles. The fraction of sp³-hybridized carbons (Fsp3) is 0.562. The average Bonchev–Trinajstić information content (AvgIpc) is 2.46. The van der Waals surface area contributed by atoms with Gasteiger partial charge in [0.25, 0.3) is 0 Å². The van der Waals surface area contributed by atoms with E-state index in [2.05, 4.69) is 0 Å². The Hall–Kier alpha value is -1.59. The van der Waals surface area contributed by atoms with E-state index in [9.17, 15) is 4.79 Å². The van der Waals surface area contributed by atoms with Gasteiger partial charge >= 0.3 is 0 Å². The minimum Gasteiger partial charge on any atom is -0.493 e. The van der Waals surface area contributed by atoms with Crippen molar-refractivity contribution < 1.29 is 19.4 Å². The SMILES string of the molecule is COCCN(CCO)C(=O)CCOc1c(C)cccc1C. The van der Waals surface area contributed by atoms with Crippen LogP contribution in [0.2, 0.25) is 0 Å². The summed E-state index contributed by atoms with van der Waals surface area (Å²) in [6.45, 7) is 5.53. The molecule has 0 saturated carbocycles. The van der Waals surface area contributed by atoms with Gasteiger partial charge in [-0.15, -0.1) is 0 Å². The van der Waals surface area contributed by atoms with Gasteiger partial charge in [-0.2, -0.15) is 0 Å². The van der Waals surface area contributed by atoms with Crippen molar-refractivity contribution in [2.75, 3.05) is 40.0 Å². The van der Waals surface area contributed by atoms with Gasteiger partial charge in [0.05, 0.1) is 26.2 Å². The summed E-state index contributed by atoms with van der Waals surface area (Å²) < 4.78 is 10.7. The molecule has 0 aliphatic carbocycles. The molecule has 21 heavy (non-hydrogen) atoms. The predicted molar refractivity (Wildman–Crippen MR) is 81.6 cm³/mol. The number of carbonyl (C=O) groups is 1. The largest absolute Gasteiger partial charge is 0.493 e. The van der Waals surface area contributed by atoms with E-state index in [0.717, 1.165) is 16.9 Å². The molecule has 118 valence electrons. The van der Waals surface area contributed by atoms with Crippen molar-refractivity contribution in [1.82, 2.24) is 4.90 Å². The summed E-state index contributed by atoms with van der Waals surface area (Å²) in [6, 6.07) is 5.96. The van der Waals surface area contributed by atoms with Gasteiger partial charge in [-0.25, -0.2) is 0 Å². The molecule has 0 saturated heterocycles. The Morgan fingerprint density at radius 2 is 1.86 bits per heavy atom. The number of ether oxygens (including phenoxy) is 2. The third-order valence-corrected chi connectivity index (χ3v) is 3.26. The van der Waals surface area contributed by atoms with Crippen molar-refractivity contribution in [3.63, 3.8) is 0 Å². The molecular weight excluding hydrogens is 270 g/mol. The Morgan fingerprint density at radius 3 is 2.43 bits per heavy atom. The van der Waals surface area contributed by atoms with Gasteiger partial charge in [-0.05, 0) is 25.0 Å². The third-order valence-electron chi connectivity index (χ3n) is 3.26. The van der Waals surface area contributed by atoms with Crippen LogP contribution in [0.3, 0.4) is 0 Å². The monoisotopic (exact) mass is 295 g/mol. The summed E-state index contributed by atoms with van der Waals surface area (Å²) in [5, 5.41) is 9.00. The molecular formula is C16H25NO4. The maximum atomic E-state index is 12.1. The molecule has 5 heteroatoms. The van der Waals surface area contributed by atoms with Crippen LogP contribution in [0.15, 0.2) is 18.2 Å². The van der Waals surface area contributed by atoms with Crippen LogP contribution in [0.1, 0.15) is 17.5 Å². The lowest BCUT2D eigenvalue weighted by Crippen LogP contribution is -2.36. The predicted octanol–water partition coefficient (Wildman–Crippen LogP) is 1.54. The Labute approximate surface area is 126 Å². The van der Waals surface area contributed by atoms with Gasteiger partial charge in [0.1, 0.15) is 5.75 Å². The molecule has 5 nitrogen and oxygen atoms in total. The second kappa shape index (κ2) is 9.37. The lowest BCUT2D eigenvalue weighted by atomic mass is 10.1. The molecule has 0 unspecified atom stereocenters. The Bertz CT molecular complexity index is 428. The highest BCUT2D eigenvalue weighted by atomic mass is 16.5. The van der Waals surface area contributed by atoms with E-state index in [-0.39, 0.29) is 18.9 Å². The van der Waals surface area contributed by atoms with Crippen LogP contribution in [-0.4, -0.2) is 55.9 Å². The fourth-order valence-corrected chi connectivity index (χ4v) is 2.11. The molecule has 0 aromatic heterocycles. The van der Waals surface area contributed by atoms with Crippen molar-refractivity contribution in [2.24, 2.45) is 0 Å². The number of hydrogen-bond donors (Lipinski definition) is 1. The smallest absolute Gasteiger partial charge is 0.226 e. The zero-order valence-corrected chi connectivity index (χ0v) is 13.1. The minimum absolute atomic E-state index is 0.0349. The van der Waals surface area contributed by atoms with E-state index >= 15 is 0 Å². The van der Waals surface area contributed by atoms with Gasteiger partial charge in [0.2, 0.25) is 5.91 Å². The number of para-hydroxylation sites is 1. The zero-order valence-electron chi connectivity index (χ0n) is 13.1. The van der Waals surface area contributed by atoms with Gasteiger partial charge in [0.15, 0.2) is 0 Å². The van der Waals surface area contributed by atoms with Gasteiger partial charge in [-0.1, -0.05) is 18.2 Å². The molecule has 1 aromatic carbocycles. The average molecular weight is 295 g/mol. The highest BCUT2D eigenvalue weighted by Gasteiger charge is 2.13. The highest BCUT2D eigenvalue weighted by Crippen LogP contribution is 2.22. The van der Waals surface area contributed by atoms with Crippen LogP contribution in [0.25, 0.3) is 0 Å². The molecule has 0 aliphatic heterocycles. The molecule has 1 aromatic rings. The standard InChI is InChI=1S/C16H25NO4/c1-13-5-4-6-14(2)16(13)21-11-7-15(19)17(8-10-18)9-12-20-3/h4-6,18H,7-12H2,1-3H3. The normalized spacial score (nSPS) is 10.5.